The lowest BCUT2D eigenvalue weighted by Crippen LogP contribution is -2.24. The first-order valence-corrected chi connectivity index (χ1v) is 6.39. The van der Waals surface area contributed by atoms with Gasteiger partial charge in [-0.2, -0.15) is 5.10 Å². The van der Waals surface area contributed by atoms with Crippen LogP contribution in [0, 0.1) is 0 Å². The van der Waals surface area contributed by atoms with Crippen molar-refractivity contribution in [1.82, 2.24) is 10.2 Å². The van der Waals surface area contributed by atoms with Crippen molar-refractivity contribution in [2.45, 2.75) is 32.5 Å². The molecule has 4 heteroatoms. The summed E-state index contributed by atoms with van der Waals surface area (Å²) in [5.41, 5.74) is 2.62. The van der Waals surface area contributed by atoms with Gasteiger partial charge in [-0.25, -0.2) is 0 Å². The van der Waals surface area contributed by atoms with E-state index in [9.17, 15) is 0 Å². The Labute approximate surface area is 113 Å². The van der Waals surface area contributed by atoms with Crippen molar-refractivity contribution in [2.75, 3.05) is 6.61 Å². The molecule has 4 nitrogen and oxygen atoms in total. The van der Waals surface area contributed by atoms with Crippen LogP contribution in [-0.2, 0) is 23.4 Å². The Morgan fingerprint density at radius 1 is 1.26 bits per heavy atom. The van der Waals surface area contributed by atoms with E-state index in [1.807, 2.05) is 36.4 Å². The van der Waals surface area contributed by atoms with Gasteiger partial charge >= 0.3 is 0 Å². The third kappa shape index (κ3) is 3.66. The molecule has 0 saturated heterocycles. The first-order chi connectivity index (χ1) is 9.12. The van der Waals surface area contributed by atoms with Crippen molar-refractivity contribution in [1.29, 1.82) is 0 Å². The van der Waals surface area contributed by atoms with Crippen molar-refractivity contribution >= 4 is 0 Å². The van der Waals surface area contributed by atoms with E-state index in [0.717, 1.165) is 17.0 Å². The van der Waals surface area contributed by atoms with Crippen molar-refractivity contribution in [2.24, 2.45) is 0 Å². The molecule has 0 radical (unpaired) electrons. The number of aliphatic hydroxyl groups excluding tert-OH is 1. The van der Waals surface area contributed by atoms with Gasteiger partial charge in [0.15, 0.2) is 0 Å². The quantitative estimate of drug-likeness (QED) is 0.838. The number of aromatic nitrogens is 2. The van der Waals surface area contributed by atoms with E-state index in [2.05, 4.69) is 24.0 Å². The molecular formula is C15H20N2O2. The van der Waals surface area contributed by atoms with Gasteiger partial charge in [-0.3, -0.25) is 5.10 Å². The van der Waals surface area contributed by atoms with E-state index in [4.69, 9.17) is 9.84 Å². The Morgan fingerprint density at radius 2 is 2.00 bits per heavy atom. The summed E-state index contributed by atoms with van der Waals surface area (Å²) < 4.78 is 5.77. The van der Waals surface area contributed by atoms with Crippen molar-refractivity contribution in [3.05, 3.63) is 53.3 Å². The van der Waals surface area contributed by atoms with E-state index in [1.54, 1.807) is 0 Å². The minimum absolute atomic E-state index is 0.0199. The van der Waals surface area contributed by atoms with Gasteiger partial charge in [-0.1, -0.05) is 44.2 Å². The van der Waals surface area contributed by atoms with Gasteiger partial charge in [0.2, 0.25) is 0 Å². The van der Waals surface area contributed by atoms with E-state index in [-0.39, 0.29) is 12.0 Å². The Kier molecular flexibility index (Phi) is 4.35. The van der Waals surface area contributed by atoms with Crippen LogP contribution in [0.2, 0.25) is 0 Å². The van der Waals surface area contributed by atoms with E-state index in [0.29, 0.717) is 13.2 Å². The molecule has 0 aliphatic rings. The zero-order valence-electron chi connectivity index (χ0n) is 11.4. The number of hydrogen-bond acceptors (Lipinski definition) is 3. The zero-order chi connectivity index (χ0) is 13.7. The van der Waals surface area contributed by atoms with Gasteiger partial charge in [-0.15, -0.1) is 0 Å². The van der Waals surface area contributed by atoms with Crippen LogP contribution in [0.15, 0.2) is 36.4 Å². The number of nitrogens with zero attached hydrogens (tertiary/aromatic N) is 1. The van der Waals surface area contributed by atoms with Crippen LogP contribution in [-0.4, -0.2) is 21.9 Å². The van der Waals surface area contributed by atoms with Crippen LogP contribution in [0.1, 0.15) is 30.8 Å². The number of aromatic amines is 1. The third-order valence-corrected chi connectivity index (χ3v) is 3.07. The van der Waals surface area contributed by atoms with Crippen LogP contribution in [0.5, 0.6) is 0 Å². The standard InChI is InChI=1S/C15H20N2O2/c1-15(2,14-8-13(9-18)16-17-14)11-19-10-12-6-4-3-5-7-12/h3-8,18H,9-11H2,1-2H3,(H,16,17). The lowest BCUT2D eigenvalue weighted by atomic mass is 9.90. The zero-order valence-corrected chi connectivity index (χ0v) is 11.4. The predicted octanol–water partition coefficient (Wildman–Crippen LogP) is 2.40. The van der Waals surface area contributed by atoms with E-state index < -0.39 is 0 Å². The molecule has 2 N–H and O–H groups in total. The minimum atomic E-state index is -0.182. The number of H-pyrrole nitrogens is 1. The maximum atomic E-state index is 9.04. The molecule has 2 rings (SSSR count). The van der Waals surface area contributed by atoms with E-state index in [1.165, 1.54) is 0 Å². The van der Waals surface area contributed by atoms with Gasteiger partial charge in [0.1, 0.15) is 0 Å². The molecule has 0 amide bonds. The van der Waals surface area contributed by atoms with Gasteiger partial charge in [0.25, 0.3) is 0 Å². The molecule has 0 spiro atoms. The monoisotopic (exact) mass is 260 g/mol. The third-order valence-electron chi connectivity index (χ3n) is 3.07. The smallest absolute Gasteiger partial charge is 0.0847 e. The van der Waals surface area contributed by atoms with Gasteiger partial charge in [0.05, 0.1) is 31.2 Å². The normalized spacial score (nSPS) is 11.7. The second-order valence-electron chi connectivity index (χ2n) is 5.30. The summed E-state index contributed by atoms with van der Waals surface area (Å²) in [7, 11) is 0. The molecule has 0 bridgehead atoms. The summed E-state index contributed by atoms with van der Waals surface area (Å²) in [6.07, 6.45) is 0. The highest BCUT2D eigenvalue weighted by molar-refractivity contribution is 5.17. The van der Waals surface area contributed by atoms with Crippen LogP contribution < -0.4 is 0 Å². The van der Waals surface area contributed by atoms with Crippen molar-refractivity contribution < 1.29 is 9.84 Å². The molecule has 0 aliphatic heterocycles. The fraction of sp³-hybridized carbons (Fsp3) is 0.400. The number of ether oxygens (including phenoxy) is 1. The van der Waals surface area contributed by atoms with Crippen LogP contribution in [0.3, 0.4) is 0 Å². The highest BCUT2D eigenvalue weighted by Gasteiger charge is 2.24. The molecule has 0 aliphatic carbocycles. The number of rotatable bonds is 6. The Bertz CT molecular complexity index is 506. The molecule has 19 heavy (non-hydrogen) atoms. The summed E-state index contributed by atoms with van der Waals surface area (Å²) in [4.78, 5) is 0. The van der Waals surface area contributed by atoms with E-state index >= 15 is 0 Å². The predicted molar refractivity (Wildman–Crippen MR) is 73.6 cm³/mol. The highest BCUT2D eigenvalue weighted by Crippen LogP contribution is 2.22. The van der Waals surface area contributed by atoms with Gasteiger partial charge < -0.3 is 9.84 Å². The fourth-order valence-electron chi connectivity index (χ4n) is 1.86. The second-order valence-corrected chi connectivity index (χ2v) is 5.30. The Hall–Kier alpha value is -1.65. The average Bonchev–Trinajstić information content (AvgIpc) is 2.89. The first-order valence-electron chi connectivity index (χ1n) is 6.39. The van der Waals surface area contributed by atoms with Crippen molar-refractivity contribution in [3.63, 3.8) is 0 Å². The lowest BCUT2D eigenvalue weighted by molar-refractivity contribution is 0.0811. The Balaban J connectivity index is 1.90. The minimum Gasteiger partial charge on any atom is -0.390 e. The molecule has 2 aromatic rings. The number of nitrogens with one attached hydrogen (secondary N) is 1. The number of benzene rings is 1. The Morgan fingerprint density at radius 3 is 2.63 bits per heavy atom. The van der Waals surface area contributed by atoms with Crippen LogP contribution >= 0.6 is 0 Å². The summed E-state index contributed by atoms with van der Waals surface area (Å²) in [6, 6.07) is 12.0. The summed E-state index contributed by atoms with van der Waals surface area (Å²) in [6.45, 7) is 5.32. The first kappa shape index (κ1) is 13.8. The van der Waals surface area contributed by atoms with Gasteiger partial charge in [0, 0.05) is 5.41 Å². The SMILES string of the molecule is CC(C)(COCc1ccccc1)c1cc(CO)[nH]n1. The summed E-state index contributed by atoms with van der Waals surface area (Å²) >= 11 is 0. The van der Waals surface area contributed by atoms with Gasteiger partial charge in [-0.05, 0) is 11.6 Å². The summed E-state index contributed by atoms with van der Waals surface area (Å²) in [5.74, 6) is 0. The average molecular weight is 260 g/mol. The molecule has 0 atom stereocenters. The lowest BCUT2D eigenvalue weighted by Gasteiger charge is -2.22. The molecule has 1 aromatic carbocycles. The van der Waals surface area contributed by atoms with Crippen molar-refractivity contribution in [3.8, 4) is 0 Å². The molecule has 102 valence electrons. The molecule has 0 saturated carbocycles. The highest BCUT2D eigenvalue weighted by atomic mass is 16.5. The maximum absolute atomic E-state index is 9.04. The second kappa shape index (κ2) is 5.99. The number of aliphatic hydroxyl groups is 1. The topological polar surface area (TPSA) is 58.1 Å². The number of hydrogen-bond donors (Lipinski definition) is 2. The van der Waals surface area contributed by atoms with Crippen LogP contribution in [0.4, 0.5) is 0 Å². The largest absolute Gasteiger partial charge is 0.390 e. The van der Waals surface area contributed by atoms with Crippen LogP contribution in [0.25, 0.3) is 0 Å². The molecule has 0 unspecified atom stereocenters. The molecule has 1 heterocycles. The maximum Gasteiger partial charge on any atom is 0.0847 e. The summed E-state index contributed by atoms with van der Waals surface area (Å²) in [5, 5.41) is 16.1. The molecular weight excluding hydrogens is 240 g/mol. The molecule has 0 fully saturated rings. The fourth-order valence-corrected chi connectivity index (χ4v) is 1.86. The molecule has 1 aromatic heterocycles.